The topological polar surface area (TPSA) is 120 Å². The lowest BCUT2D eigenvalue weighted by molar-refractivity contribution is -0.382. The lowest BCUT2D eigenvalue weighted by Gasteiger charge is -2.26. The van der Waals surface area contributed by atoms with Crippen molar-refractivity contribution in [3.63, 3.8) is 0 Å². The van der Waals surface area contributed by atoms with Crippen molar-refractivity contribution in [2.75, 3.05) is 38.1 Å². The van der Waals surface area contributed by atoms with Gasteiger partial charge in [-0.3, -0.25) is 10.1 Å². The number of aromatic nitrogens is 2. The van der Waals surface area contributed by atoms with Crippen LogP contribution in [-0.2, 0) is 13.1 Å². The Kier molecular flexibility index (Phi) is 6.03. The molecule has 0 aliphatic carbocycles. The Morgan fingerprint density at radius 2 is 1.76 bits per heavy atom. The van der Waals surface area contributed by atoms with Crippen LogP contribution in [-0.4, -0.2) is 43.6 Å². The van der Waals surface area contributed by atoms with Crippen LogP contribution in [0.1, 0.15) is 11.3 Å². The van der Waals surface area contributed by atoms with Gasteiger partial charge in [0, 0.05) is 20.6 Å². The third-order valence-electron chi connectivity index (χ3n) is 5.22. The van der Waals surface area contributed by atoms with Crippen LogP contribution < -0.4 is 19.3 Å². The average Bonchev–Trinajstić information content (AvgIpc) is 3.49. The number of nitrogens with zero attached hydrogens (tertiary/aromatic N) is 5. The molecule has 0 N–H and O–H groups in total. The van der Waals surface area contributed by atoms with Crippen LogP contribution in [0.5, 0.6) is 11.5 Å². The molecule has 0 aliphatic rings. The van der Waals surface area contributed by atoms with Gasteiger partial charge >= 0.3 is 5.69 Å². The molecule has 2 aromatic carbocycles. The highest BCUT2D eigenvalue weighted by Gasteiger charge is 2.29. The summed E-state index contributed by atoms with van der Waals surface area (Å²) >= 11 is 0. The summed E-state index contributed by atoms with van der Waals surface area (Å²) in [7, 11) is 6.62. The van der Waals surface area contributed by atoms with Crippen LogP contribution in [0.2, 0.25) is 0 Å². The predicted molar refractivity (Wildman–Crippen MR) is 121 cm³/mol. The molecule has 0 amide bonds. The SMILES string of the molecule is COc1ccc(CN(Cc2ccco2)c2cc(N(C)C)c([N+](=O)[O-])c3nonc23)cc1OC. The van der Waals surface area contributed by atoms with Gasteiger partial charge in [0.25, 0.3) is 0 Å². The van der Waals surface area contributed by atoms with Gasteiger partial charge in [-0.15, -0.1) is 0 Å². The van der Waals surface area contributed by atoms with Crippen molar-refractivity contribution in [2.24, 2.45) is 0 Å². The first kappa shape index (κ1) is 21.9. The molecular formula is C22H23N5O6. The van der Waals surface area contributed by atoms with Gasteiger partial charge in [-0.1, -0.05) is 6.07 Å². The number of fused-ring (bicyclic) bond motifs is 1. The van der Waals surface area contributed by atoms with E-state index in [4.69, 9.17) is 18.5 Å². The zero-order chi connectivity index (χ0) is 23.5. The highest BCUT2D eigenvalue weighted by molar-refractivity contribution is 6.00. The summed E-state index contributed by atoms with van der Waals surface area (Å²) in [5, 5.41) is 19.6. The number of ether oxygens (including phenoxy) is 2. The smallest absolute Gasteiger partial charge is 0.323 e. The number of furan rings is 1. The van der Waals surface area contributed by atoms with E-state index in [0.29, 0.717) is 47.2 Å². The van der Waals surface area contributed by atoms with Gasteiger partial charge in [-0.25, -0.2) is 4.63 Å². The van der Waals surface area contributed by atoms with E-state index in [0.717, 1.165) is 5.56 Å². The van der Waals surface area contributed by atoms with Gasteiger partial charge < -0.3 is 23.7 Å². The lowest BCUT2D eigenvalue weighted by Crippen LogP contribution is -2.23. The van der Waals surface area contributed by atoms with Crippen LogP contribution in [0.3, 0.4) is 0 Å². The van der Waals surface area contributed by atoms with Gasteiger partial charge in [0.05, 0.1) is 37.6 Å². The maximum atomic E-state index is 11.8. The number of hydrogen-bond acceptors (Lipinski definition) is 10. The number of benzene rings is 2. The quantitative estimate of drug-likeness (QED) is 0.271. The highest BCUT2D eigenvalue weighted by Crippen LogP contribution is 2.40. The lowest BCUT2D eigenvalue weighted by atomic mass is 10.1. The van der Waals surface area contributed by atoms with E-state index >= 15 is 0 Å². The minimum absolute atomic E-state index is 0.0814. The van der Waals surface area contributed by atoms with Crippen LogP contribution in [0.25, 0.3) is 11.0 Å². The first-order valence-electron chi connectivity index (χ1n) is 10.0. The second kappa shape index (κ2) is 9.07. The molecule has 0 radical (unpaired) electrons. The van der Waals surface area contributed by atoms with E-state index < -0.39 is 4.92 Å². The Hall–Kier alpha value is -4.28. The first-order chi connectivity index (χ1) is 15.9. The third-order valence-corrected chi connectivity index (χ3v) is 5.22. The zero-order valence-electron chi connectivity index (χ0n) is 18.6. The molecule has 0 saturated heterocycles. The van der Waals surface area contributed by atoms with E-state index in [2.05, 4.69) is 10.3 Å². The van der Waals surface area contributed by atoms with Crippen molar-refractivity contribution in [2.45, 2.75) is 13.1 Å². The monoisotopic (exact) mass is 453 g/mol. The Balaban J connectivity index is 1.85. The minimum atomic E-state index is -0.475. The molecule has 172 valence electrons. The molecule has 2 heterocycles. The van der Waals surface area contributed by atoms with Crippen LogP contribution in [0.4, 0.5) is 17.1 Å². The fourth-order valence-electron chi connectivity index (χ4n) is 3.68. The van der Waals surface area contributed by atoms with E-state index in [1.165, 1.54) is 0 Å². The molecule has 33 heavy (non-hydrogen) atoms. The largest absolute Gasteiger partial charge is 0.493 e. The molecule has 4 rings (SSSR count). The van der Waals surface area contributed by atoms with Gasteiger partial charge in [0.1, 0.15) is 11.4 Å². The maximum Gasteiger partial charge on any atom is 0.323 e. The number of anilines is 2. The summed E-state index contributed by atoms with van der Waals surface area (Å²) in [4.78, 5) is 15.0. The van der Waals surface area contributed by atoms with Crippen molar-refractivity contribution < 1.29 is 23.4 Å². The fraction of sp³-hybridized carbons (Fsp3) is 0.273. The molecule has 11 nitrogen and oxygen atoms in total. The normalized spacial score (nSPS) is 10.9. The average molecular weight is 453 g/mol. The number of nitro groups is 1. The molecular weight excluding hydrogens is 430 g/mol. The Bertz CT molecular complexity index is 1270. The summed E-state index contributed by atoms with van der Waals surface area (Å²) in [6.07, 6.45) is 1.60. The first-order valence-corrected chi connectivity index (χ1v) is 10.0. The summed E-state index contributed by atoms with van der Waals surface area (Å²) < 4.78 is 21.3. The minimum Gasteiger partial charge on any atom is -0.493 e. The maximum absolute atomic E-state index is 11.8. The Morgan fingerprint density at radius 3 is 2.39 bits per heavy atom. The molecule has 4 aromatic rings. The van der Waals surface area contributed by atoms with E-state index in [1.54, 1.807) is 51.6 Å². The van der Waals surface area contributed by atoms with Crippen LogP contribution in [0.15, 0.2) is 51.7 Å². The molecule has 2 aromatic heterocycles. The number of rotatable bonds is 9. The zero-order valence-corrected chi connectivity index (χ0v) is 18.6. The summed E-state index contributed by atoms with van der Waals surface area (Å²) in [6.45, 7) is 0.807. The van der Waals surface area contributed by atoms with Crippen molar-refractivity contribution in [1.29, 1.82) is 0 Å². The molecule has 0 saturated carbocycles. The summed E-state index contributed by atoms with van der Waals surface area (Å²) in [5.74, 6) is 1.93. The fourth-order valence-corrected chi connectivity index (χ4v) is 3.68. The number of hydrogen-bond donors (Lipinski definition) is 0. The number of methoxy groups -OCH3 is 2. The van der Waals surface area contributed by atoms with Crippen molar-refractivity contribution in [3.8, 4) is 11.5 Å². The summed E-state index contributed by atoms with van der Waals surface area (Å²) in [5.41, 5.74) is 2.14. The predicted octanol–water partition coefficient (Wildman–Crippen LogP) is 4.01. The molecule has 11 heteroatoms. The Morgan fingerprint density at radius 1 is 1.00 bits per heavy atom. The Labute approximate surface area is 189 Å². The van der Waals surface area contributed by atoms with Gasteiger partial charge in [-0.2, -0.15) is 0 Å². The third kappa shape index (κ3) is 4.25. The van der Waals surface area contributed by atoms with Gasteiger partial charge in [0.15, 0.2) is 17.0 Å². The van der Waals surface area contributed by atoms with Crippen LogP contribution >= 0.6 is 0 Å². The second-order valence-electron chi connectivity index (χ2n) is 7.50. The molecule has 0 unspecified atom stereocenters. The van der Waals surface area contributed by atoms with Gasteiger partial charge in [0.2, 0.25) is 5.52 Å². The van der Waals surface area contributed by atoms with Gasteiger partial charge in [-0.05, 0) is 46.2 Å². The van der Waals surface area contributed by atoms with E-state index in [1.807, 2.05) is 29.2 Å². The highest BCUT2D eigenvalue weighted by atomic mass is 16.6. The van der Waals surface area contributed by atoms with E-state index in [-0.39, 0.29) is 11.2 Å². The van der Waals surface area contributed by atoms with Crippen molar-refractivity contribution >= 4 is 28.1 Å². The molecule has 0 spiro atoms. The number of nitro benzene ring substituents is 1. The van der Waals surface area contributed by atoms with E-state index in [9.17, 15) is 10.1 Å². The second-order valence-corrected chi connectivity index (χ2v) is 7.50. The molecule has 0 fully saturated rings. The van der Waals surface area contributed by atoms with Crippen molar-refractivity contribution in [1.82, 2.24) is 10.3 Å². The van der Waals surface area contributed by atoms with Crippen LogP contribution in [0, 0.1) is 10.1 Å². The standard InChI is InChI=1S/C22H23N5O6/c1-25(2)17-11-16(20-21(24-33-23-20)22(17)27(28)29)26(13-15-6-5-9-32-15)12-14-7-8-18(30-3)19(10-14)31-4/h5-11H,12-13H2,1-4H3. The molecule has 0 bridgehead atoms. The molecule has 0 aliphatic heterocycles. The summed E-state index contributed by atoms with van der Waals surface area (Å²) in [6, 6.07) is 11.0. The van der Waals surface area contributed by atoms with Crippen molar-refractivity contribution in [3.05, 3.63) is 64.1 Å². The molecule has 0 atom stereocenters.